The Balaban J connectivity index is 4.90. The number of amides is 1. The third-order valence-electron chi connectivity index (χ3n) is 2.93. The number of carbonyl (C=O) groups excluding carboxylic acids is 2. The number of hydrogen-bond donors (Lipinski definition) is 1. The van der Waals surface area contributed by atoms with Crippen molar-refractivity contribution in [3.05, 3.63) is 0 Å². The monoisotopic (exact) mass is 415 g/mol. The highest BCUT2D eigenvalue weighted by atomic mass is 32.2. The average Bonchev–Trinajstić information content (AvgIpc) is 2.60. The van der Waals surface area contributed by atoms with Crippen LogP contribution in [0.15, 0.2) is 0 Å². The van der Waals surface area contributed by atoms with E-state index in [-0.39, 0.29) is 38.6 Å². The third-order valence-corrected chi connectivity index (χ3v) is 4.13. The summed E-state index contributed by atoms with van der Waals surface area (Å²) in [6, 6.07) is 0. The molecule has 0 heterocycles. The second kappa shape index (κ2) is 16.1. The zero-order valence-electron chi connectivity index (χ0n) is 15.3. The second-order valence-electron chi connectivity index (χ2n) is 5.17. The minimum Gasteiger partial charge on any atom is -0.469 e. The van der Waals surface area contributed by atoms with Crippen LogP contribution in [0.4, 0.5) is 0 Å². The lowest BCUT2D eigenvalue weighted by atomic mass is 10.0. The fourth-order valence-electron chi connectivity index (χ4n) is 1.87. The van der Waals surface area contributed by atoms with Crippen molar-refractivity contribution >= 4 is 47.2 Å². The molecule has 0 bridgehead atoms. The Morgan fingerprint density at radius 1 is 0.840 bits per heavy atom. The van der Waals surface area contributed by atoms with Crippen LogP contribution < -0.4 is 5.32 Å². The first kappa shape index (κ1) is 24.9. The molecule has 0 saturated carbocycles. The maximum Gasteiger partial charge on any atom is 0.306 e. The zero-order valence-corrected chi connectivity index (χ0v) is 17.8. The van der Waals surface area contributed by atoms with Crippen molar-refractivity contribution in [2.45, 2.75) is 18.4 Å². The predicted molar refractivity (Wildman–Crippen MR) is 105 cm³/mol. The molecule has 0 rings (SSSR count). The molecule has 0 radical (unpaired) electrons. The van der Waals surface area contributed by atoms with Crippen molar-refractivity contribution in [3.8, 4) is 0 Å². The van der Waals surface area contributed by atoms with Gasteiger partial charge in [-0.25, -0.2) is 0 Å². The van der Waals surface area contributed by atoms with Crippen LogP contribution in [0, 0.1) is 0 Å². The maximum atomic E-state index is 12.3. The molecule has 0 spiro atoms. The summed E-state index contributed by atoms with van der Waals surface area (Å²) in [5, 5.41) is 2.94. The summed E-state index contributed by atoms with van der Waals surface area (Å²) in [5.74, 6) is 0.829. The molecule has 1 N–H and O–H groups in total. The molecule has 0 aliphatic rings. The van der Waals surface area contributed by atoms with E-state index in [0.29, 0.717) is 17.8 Å². The molecule has 0 aromatic heterocycles. The minimum absolute atomic E-state index is 0.0292. The van der Waals surface area contributed by atoms with E-state index >= 15 is 0 Å². The van der Waals surface area contributed by atoms with Gasteiger partial charge in [0, 0.05) is 6.42 Å². The van der Waals surface area contributed by atoms with Crippen LogP contribution in [0.25, 0.3) is 0 Å². The number of thioether (sulfide) groups is 3. The summed E-state index contributed by atoms with van der Waals surface area (Å²) < 4.78 is 21.5. The van der Waals surface area contributed by atoms with Crippen LogP contribution in [0.2, 0.25) is 0 Å². The Kier molecular flexibility index (Phi) is 16.0. The van der Waals surface area contributed by atoms with Gasteiger partial charge in [-0.15, -0.1) is 35.3 Å². The van der Waals surface area contributed by atoms with Crippen LogP contribution >= 0.6 is 35.3 Å². The molecule has 7 nitrogen and oxygen atoms in total. The summed E-state index contributed by atoms with van der Waals surface area (Å²) in [6.07, 6.45) is 5.88. The summed E-state index contributed by atoms with van der Waals surface area (Å²) >= 11 is 4.65. The van der Waals surface area contributed by atoms with E-state index in [0.717, 1.165) is 0 Å². The molecule has 0 aliphatic heterocycles. The van der Waals surface area contributed by atoms with Crippen LogP contribution in [-0.4, -0.2) is 80.9 Å². The normalized spacial score (nSPS) is 11.4. The Morgan fingerprint density at radius 2 is 1.28 bits per heavy atom. The lowest BCUT2D eigenvalue weighted by Crippen LogP contribution is -2.58. The van der Waals surface area contributed by atoms with E-state index in [9.17, 15) is 9.59 Å². The Labute approximate surface area is 163 Å². The van der Waals surface area contributed by atoms with E-state index in [1.807, 2.05) is 18.8 Å². The molecule has 0 aliphatic carbocycles. The molecular formula is C15H29NO6S3. The van der Waals surface area contributed by atoms with E-state index in [2.05, 4.69) is 10.1 Å². The Morgan fingerprint density at radius 3 is 1.64 bits per heavy atom. The van der Waals surface area contributed by atoms with Crippen LogP contribution in [0.1, 0.15) is 12.8 Å². The number of esters is 1. The van der Waals surface area contributed by atoms with Gasteiger partial charge in [0.1, 0.15) is 5.54 Å². The maximum absolute atomic E-state index is 12.3. The highest BCUT2D eigenvalue weighted by Gasteiger charge is 2.33. The van der Waals surface area contributed by atoms with Gasteiger partial charge in [0.2, 0.25) is 5.91 Å². The first-order valence-corrected chi connectivity index (χ1v) is 11.8. The van der Waals surface area contributed by atoms with E-state index < -0.39 is 11.5 Å². The molecule has 0 unspecified atom stereocenters. The smallest absolute Gasteiger partial charge is 0.306 e. The van der Waals surface area contributed by atoms with Gasteiger partial charge in [-0.05, 0) is 18.8 Å². The van der Waals surface area contributed by atoms with Gasteiger partial charge in [0.25, 0.3) is 0 Å². The zero-order chi connectivity index (χ0) is 19.0. The molecule has 10 heteroatoms. The van der Waals surface area contributed by atoms with Crippen molar-refractivity contribution in [1.29, 1.82) is 0 Å². The van der Waals surface area contributed by atoms with Gasteiger partial charge < -0.3 is 24.3 Å². The van der Waals surface area contributed by atoms with E-state index in [1.165, 1.54) is 7.11 Å². The van der Waals surface area contributed by atoms with Crippen LogP contribution in [0.5, 0.6) is 0 Å². The average molecular weight is 416 g/mol. The second-order valence-corrected chi connectivity index (χ2v) is 7.61. The number of carbonyl (C=O) groups is 2. The fourth-order valence-corrected chi connectivity index (χ4v) is 2.62. The first-order valence-electron chi connectivity index (χ1n) is 7.61. The molecule has 0 fully saturated rings. The Hall–Kier alpha value is -0.130. The third kappa shape index (κ3) is 12.8. The van der Waals surface area contributed by atoms with Gasteiger partial charge in [-0.3, -0.25) is 9.59 Å². The summed E-state index contributed by atoms with van der Waals surface area (Å²) in [4.78, 5) is 23.5. The SMILES string of the molecule is COC(=O)CCC(=O)NC(COCSC)(COCSC)COCSC. The van der Waals surface area contributed by atoms with Gasteiger partial charge in [0.05, 0.1) is 51.2 Å². The van der Waals surface area contributed by atoms with Crippen molar-refractivity contribution in [2.75, 3.05) is 63.5 Å². The minimum atomic E-state index is -0.797. The fraction of sp³-hybridized carbons (Fsp3) is 0.867. The van der Waals surface area contributed by atoms with Crippen molar-refractivity contribution in [3.63, 3.8) is 0 Å². The van der Waals surface area contributed by atoms with Crippen LogP contribution in [-0.2, 0) is 28.5 Å². The Bertz CT molecular complexity index is 347. The number of ether oxygens (including phenoxy) is 4. The summed E-state index contributed by atoms with van der Waals surface area (Å²) in [7, 11) is 1.30. The number of methoxy groups -OCH3 is 1. The number of hydrogen-bond acceptors (Lipinski definition) is 9. The lowest BCUT2D eigenvalue weighted by Gasteiger charge is -2.34. The highest BCUT2D eigenvalue weighted by molar-refractivity contribution is 7.98. The van der Waals surface area contributed by atoms with Gasteiger partial charge in [0.15, 0.2) is 0 Å². The van der Waals surface area contributed by atoms with Crippen LogP contribution in [0.3, 0.4) is 0 Å². The molecular weight excluding hydrogens is 386 g/mol. The van der Waals surface area contributed by atoms with E-state index in [1.54, 1.807) is 35.3 Å². The standard InChI is InChI=1S/C15H29NO6S3/c1-19-14(18)6-5-13(17)16-15(7-20-10-23-2,8-21-11-24-3)9-22-12-25-4/h5-12H2,1-4H3,(H,16,17). The molecule has 0 atom stereocenters. The molecule has 1 amide bonds. The molecule has 0 aromatic carbocycles. The number of nitrogens with one attached hydrogen (secondary N) is 1. The van der Waals surface area contributed by atoms with Crippen molar-refractivity contribution < 1.29 is 28.5 Å². The molecule has 0 aromatic rings. The molecule has 148 valence electrons. The topological polar surface area (TPSA) is 83.1 Å². The van der Waals surface area contributed by atoms with Crippen molar-refractivity contribution in [2.24, 2.45) is 0 Å². The lowest BCUT2D eigenvalue weighted by molar-refractivity contribution is -0.142. The summed E-state index contributed by atoms with van der Waals surface area (Å²) in [6.45, 7) is 0.793. The van der Waals surface area contributed by atoms with Gasteiger partial charge >= 0.3 is 5.97 Å². The van der Waals surface area contributed by atoms with E-state index in [4.69, 9.17) is 14.2 Å². The highest BCUT2D eigenvalue weighted by Crippen LogP contribution is 2.13. The van der Waals surface area contributed by atoms with Gasteiger partial charge in [-0.2, -0.15) is 0 Å². The largest absolute Gasteiger partial charge is 0.469 e. The number of rotatable bonds is 16. The summed E-state index contributed by atoms with van der Waals surface area (Å²) in [5.41, 5.74) is -0.797. The quantitative estimate of drug-likeness (QED) is 0.230. The van der Waals surface area contributed by atoms with Crippen molar-refractivity contribution in [1.82, 2.24) is 5.32 Å². The molecule has 25 heavy (non-hydrogen) atoms. The first-order chi connectivity index (χ1) is 12.0. The predicted octanol–water partition coefficient (Wildman–Crippen LogP) is 1.81. The van der Waals surface area contributed by atoms with Gasteiger partial charge in [-0.1, -0.05) is 0 Å². The molecule has 0 saturated heterocycles.